The van der Waals surface area contributed by atoms with Crippen LogP contribution >= 0.6 is 0 Å². The molecule has 0 aliphatic carbocycles. The first-order chi connectivity index (χ1) is 9.83. The van der Waals surface area contributed by atoms with Gasteiger partial charge in [0.05, 0.1) is 6.10 Å². The Morgan fingerprint density at radius 2 is 1.40 bits per heavy atom. The molecule has 0 saturated carbocycles. The first-order valence-electron chi connectivity index (χ1n) is 7.21. The van der Waals surface area contributed by atoms with Gasteiger partial charge in [-0.15, -0.1) is 6.58 Å². The molecular formula is C19H22O. The van der Waals surface area contributed by atoms with Crippen molar-refractivity contribution in [3.05, 3.63) is 84.4 Å². The van der Waals surface area contributed by atoms with E-state index in [0.29, 0.717) is 0 Å². The minimum absolute atomic E-state index is 0.0437. The maximum atomic E-state index is 10.6. The van der Waals surface area contributed by atoms with Gasteiger partial charge in [0, 0.05) is 5.92 Å². The number of hydrogen-bond donors (Lipinski definition) is 1. The van der Waals surface area contributed by atoms with E-state index in [2.05, 4.69) is 30.8 Å². The van der Waals surface area contributed by atoms with Crippen molar-refractivity contribution in [2.24, 2.45) is 0 Å². The highest BCUT2D eigenvalue weighted by molar-refractivity contribution is 5.33. The van der Waals surface area contributed by atoms with E-state index in [4.69, 9.17) is 0 Å². The minimum atomic E-state index is -0.361. The van der Waals surface area contributed by atoms with Gasteiger partial charge in [-0.2, -0.15) is 0 Å². The predicted octanol–water partition coefficient (Wildman–Crippen LogP) is 4.54. The van der Waals surface area contributed by atoms with Gasteiger partial charge in [0.25, 0.3) is 0 Å². The quantitative estimate of drug-likeness (QED) is 0.576. The van der Waals surface area contributed by atoms with Gasteiger partial charge in [0.15, 0.2) is 0 Å². The highest BCUT2D eigenvalue weighted by atomic mass is 16.3. The highest BCUT2D eigenvalue weighted by Crippen LogP contribution is 2.30. The van der Waals surface area contributed by atoms with Crippen LogP contribution < -0.4 is 0 Å². The molecule has 1 N–H and O–H groups in total. The molecule has 0 amide bonds. The van der Waals surface area contributed by atoms with Crippen molar-refractivity contribution in [1.29, 1.82) is 0 Å². The zero-order valence-corrected chi connectivity index (χ0v) is 11.8. The van der Waals surface area contributed by atoms with Crippen LogP contribution in [-0.4, -0.2) is 11.2 Å². The third-order valence-electron chi connectivity index (χ3n) is 3.61. The molecular weight excluding hydrogens is 244 g/mol. The summed E-state index contributed by atoms with van der Waals surface area (Å²) in [6.07, 6.45) is 4.27. The van der Waals surface area contributed by atoms with Crippen molar-refractivity contribution < 1.29 is 5.11 Å². The number of hydrogen-bond acceptors (Lipinski definition) is 1. The molecule has 2 rings (SSSR count). The molecule has 0 aliphatic rings. The summed E-state index contributed by atoms with van der Waals surface area (Å²) in [5.74, 6) is 0.0437. The Labute approximate surface area is 121 Å². The SMILES string of the molecule is C=CCCCC(O)C(c1ccccc1)c1ccccc1. The molecule has 1 nitrogen and oxygen atoms in total. The van der Waals surface area contributed by atoms with E-state index in [1.165, 1.54) is 11.1 Å². The van der Waals surface area contributed by atoms with Crippen LogP contribution in [0, 0.1) is 0 Å². The maximum Gasteiger partial charge on any atom is 0.0649 e. The summed E-state index contributed by atoms with van der Waals surface area (Å²) in [6, 6.07) is 20.5. The Balaban J connectivity index is 2.23. The average molecular weight is 266 g/mol. The average Bonchev–Trinajstić information content (AvgIpc) is 2.50. The third-order valence-corrected chi connectivity index (χ3v) is 3.61. The maximum absolute atomic E-state index is 10.6. The summed E-state index contributed by atoms with van der Waals surface area (Å²) in [5, 5.41) is 10.6. The number of aliphatic hydroxyl groups is 1. The van der Waals surface area contributed by atoms with Crippen molar-refractivity contribution in [2.75, 3.05) is 0 Å². The van der Waals surface area contributed by atoms with Gasteiger partial charge in [-0.1, -0.05) is 66.7 Å². The molecule has 104 valence electrons. The predicted molar refractivity (Wildman–Crippen MR) is 84.8 cm³/mol. The van der Waals surface area contributed by atoms with Gasteiger partial charge in [0.1, 0.15) is 0 Å². The molecule has 1 unspecified atom stereocenters. The van der Waals surface area contributed by atoms with E-state index in [1.807, 2.05) is 42.5 Å². The van der Waals surface area contributed by atoms with Crippen LogP contribution in [0.4, 0.5) is 0 Å². The van der Waals surface area contributed by atoms with E-state index in [0.717, 1.165) is 19.3 Å². The van der Waals surface area contributed by atoms with Gasteiger partial charge in [-0.05, 0) is 30.4 Å². The van der Waals surface area contributed by atoms with Crippen molar-refractivity contribution in [3.63, 3.8) is 0 Å². The summed E-state index contributed by atoms with van der Waals surface area (Å²) in [7, 11) is 0. The lowest BCUT2D eigenvalue weighted by molar-refractivity contribution is 0.144. The second-order valence-electron chi connectivity index (χ2n) is 5.09. The molecule has 1 atom stereocenters. The number of allylic oxidation sites excluding steroid dienone is 1. The van der Waals surface area contributed by atoms with E-state index < -0.39 is 0 Å². The van der Waals surface area contributed by atoms with Gasteiger partial charge >= 0.3 is 0 Å². The van der Waals surface area contributed by atoms with Crippen LogP contribution in [0.5, 0.6) is 0 Å². The number of benzene rings is 2. The third kappa shape index (κ3) is 3.82. The van der Waals surface area contributed by atoms with E-state index in [9.17, 15) is 5.11 Å². The molecule has 2 aromatic rings. The lowest BCUT2D eigenvalue weighted by Crippen LogP contribution is -2.19. The summed E-state index contributed by atoms with van der Waals surface area (Å²) >= 11 is 0. The van der Waals surface area contributed by atoms with Crippen molar-refractivity contribution in [3.8, 4) is 0 Å². The topological polar surface area (TPSA) is 20.2 Å². The van der Waals surface area contributed by atoms with Gasteiger partial charge in [0.2, 0.25) is 0 Å². The van der Waals surface area contributed by atoms with Crippen LogP contribution in [-0.2, 0) is 0 Å². The first-order valence-corrected chi connectivity index (χ1v) is 7.21. The summed E-state index contributed by atoms with van der Waals surface area (Å²) < 4.78 is 0. The fraction of sp³-hybridized carbons (Fsp3) is 0.263. The minimum Gasteiger partial charge on any atom is -0.392 e. The Hall–Kier alpha value is -1.86. The molecule has 1 heteroatoms. The lowest BCUT2D eigenvalue weighted by atomic mass is 9.84. The summed E-state index contributed by atoms with van der Waals surface area (Å²) in [6.45, 7) is 3.74. The molecule has 0 heterocycles. The molecule has 0 radical (unpaired) electrons. The van der Waals surface area contributed by atoms with Crippen molar-refractivity contribution in [1.82, 2.24) is 0 Å². The zero-order chi connectivity index (χ0) is 14.2. The number of unbranched alkanes of at least 4 members (excludes halogenated alkanes) is 1. The van der Waals surface area contributed by atoms with Crippen LogP contribution in [0.2, 0.25) is 0 Å². The summed E-state index contributed by atoms with van der Waals surface area (Å²) in [4.78, 5) is 0. The summed E-state index contributed by atoms with van der Waals surface area (Å²) in [5.41, 5.74) is 2.34. The lowest BCUT2D eigenvalue weighted by Gasteiger charge is -2.24. The zero-order valence-electron chi connectivity index (χ0n) is 11.8. The number of rotatable bonds is 7. The van der Waals surface area contributed by atoms with Crippen molar-refractivity contribution in [2.45, 2.75) is 31.3 Å². The second kappa shape index (κ2) is 7.66. The van der Waals surface area contributed by atoms with Gasteiger partial charge < -0.3 is 5.11 Å². The van der Waals surface area contributed by atoms with Crippen LogP contribution in [0.25, 0.3) is 0 Å². The number of aliphatic hydroxyl groups excluding tert-OH is 1. The Morgan fingerprint density at radius 3 is 1.85 bits per heavy atom. The smallest absolute Gasteiger partial charge is 0.0649 e. The van der Waals surface area contributed by atoms with Crippen molar-refractivity contribution >= 4 is 0 Å². The molecule has 0 aliphatic heterocycles. The molecule has 0 fully saturated rings. The first kappa shape index (κ1) is 14.5. The van der Waals surface area contributed by atoms with Crippen LogP contribution in [0.3, 0.4) is 0 Å². The van der Waals surface area contributed by atoms with Gasteiger partial charge in [-0.3, -0.25) is 0 Å². The largest absolute Gasteiger partial charge is 0.392 e. The Kier molecular flexibility index (Phi) is 5.57. The molecule has 0 spiro atoms. The fourth-order valence-corrected chi connectivity index (χ4v) is 2.60. The molecule has 20 heavy (non-hydrogen) atoms. The second-order valence-corrected chi connectivity index (χ2v) is 5.09. The molecule has 0 bridgehead atoms. The molecule has 2 aromatic carbocycles. The highest BCUT2D eigenvalue weighted by Gasteiger charge is 2.22. The molecule has 0 aromatic heterocycles. The van der Waals surface area contributed by atoms with E-state index in [1.54, 1.807) is 0 Å². The Bertz CT molecular complexity index is 464. The van der Waals surface area contributed by atoms with E-state index in [-0.39, 0.29) is 12.0 Å². The van der Waals surface area contributed by atoms with E-state index >= 15 is 0 Å². The Morgan fingerprint density at radius 1 is 0.900 bits per heavy atom. The standard InChI is InChI=1S/C19H22O/c1-2-3-6-15-18(20)19(16-11-7-4-8-12-16)17-13-9-5-10-14-17/h2,4-5,7-14,18-20H,1,3,6,15H2. The van der Waals surface area contributed by atoms with Crippen LogP contribution in [0.15, 0.2) is 73.3 Å². The monoisotopic (exact) mass is 266 g/mol. The van der Waals surface area contributed by atoms with Gasteiger partial charge in [-0.25, -0.2) is 0 Å². The van der Waals surface area contributed by atoms with Crippen LogP contribution in [0.1, 0.15) is 36.3 Å². The molecule has 0 saturated heterocycles. The normalized spacial score (nSPS) is 12.3. The fourth-order valence-electron chi connectivity index (χ4n) is 2.60.